The van der Waals surface area contributed by atoms with Gasteiger partial charge in [0.25, 0.3) is 5.92 Å². The minimum atomic E-state index is -4.74. The zero-order chi connectivity index (χ0) is 19.5. The summed E-state index contributed by atoms with van der Waals surface area (Å²) < 4.78 is 95.0. The summed E-state index contributed by atoms with van der Waals surface area (Å²) in [5.41, 5.74) is -2.60. The molecule has 0 aromatic rings. The lowest BCUT2D eigenvalue weighted by atomic mass is 9.82. The second-order valence-electron chi connectivity index (χ2n) is 6.89. The van der Waals surface area contributed by atoms with Crippen LogP contribution in [0.4, 0.5) is 30.7 Å². The summed E-state index contributed by atoms with van der Waals surface area (Å²) in [4.78, 5) is 11.9. The summed E-state index contributed by atoms with van der Waals surface area (Å²) in [5.74, 6) is -5.35. The van der Waals surface area contributed by atoms with E-state index in [1.165, 1.54) is 6.92 Å². The maximum atomic E-state index is 13.4. The molecule has 0 aromatic heterocycles. The van der Waals surface area contributed by atoms with Gasteiger partial charge in [-0.1, -0.05) is 6.92 Å². The summed E-state index contributed by atoms with van der Waals surface area (Å²) in [5, 5.41) is 0. The van der Waals surface area contributed by atoms with Gasteiger partial charge in [0.2, 0.25) is 6.43 Å². The highest BCUT2D eigenvalue weighted by molar-refractivity contribution is 5.77. The number of hydrogen-bond acceptors (Lipinski definition) is 2. The first-order valence-electron chi connectivity index (χ1n) is 8.24. The summed E-state index contributed by atoms with van der Waals surface area (Å²) >= 11 is 0. The van der Waals surface area contributed by atoms with E-state index in [0.717, 1.165) is 6.92 Å². The zero-order valence-corrected chi connectivity index (χ0v) is 14.1. The van der Waals surface area contributed by atoms with Crippen molar-refractivity contribution in [2.45, 2.75) is 83.4 Å². The molecule has 1 saturated carbocycles. The van der Waals surface area contributed by atoms with E-state index in [4.69, 9.17) is 4.74 Å². The van der Waals surface area contributed by atoms with Gasteiger partial charge in [-0.15, -0.1) is 0 Å². The van der Waals surface area contributed by atoms with Gasteiger partial charge in [0.15, 0.2) is 5.41 Å². The maximum absolute atomic E-state index is 13.4. The van der Waals surface area contributed by atoms with Gasteiger partial charge in [-0.2, -0.15) is 13.2 Å². The molecule has 0 radical (unpaired) electrons. The molecule has 0 saturated heterocycles. The molecule has 1 fully saturated rings. The largest absolute Gasteiger partial charge is 0.462 e. The van der Waals surface area contributed by atoms with Crippen LogP contribution in [0.25, 0.3) is 0 Å². The Kier molecular flexibility index (Phi) is 7.15. The molecule has 0 aromatic carbocycles. The summed E-state index contributed by atoms with van der Waals surface area (Å²) in [6, 6.07) is 0. The minimum absolute atomic E-state index is 0.152. The molecule has 0 bridgehead atoms. The highest BCUT2D eigenvalue weighted by Crippen LogP contribution is 2.43. The lowest BCUT2D eigenvalue weighted by Gasteiger charge is -2.34. The first kappa shape index (κ1) is 22.0. The number of rotatable bonds is 7. The van der Waals surface area contributed by atoms with Crippen LogP contribution < -0.4 is 0 Å². The first-order chi connectivity index (χ1) is 11.3. The van der Waals surface area contributed by atoms with Gasteiger partial charge in [0.05, 0.1) is 6.42 Å². The van der Waals surface area contributed by atoms with Crippen molar-refractivity contribution in [3.8, 4) is 0 Å². The monoisotopic (exact) mass is 380 g/mol. The zero-order valence-electron chi connectivity index (χ0n) is 14.1. The van der Waals surface area contributed by atoms with E-state index in [2.05, 4.69) is 0 Å². The lowest BCUT2D eigenvalue weighted by molar-refractivity contribution is -0.234. The summed E-state index contributed by atoms with van der Waals surface area (Å²) in [6.45, 7) is 2.00. The van der Waals surface area contributed by atoms with Crippen molar-refractivity contribution in [3.05, 3.63) is 0 Å². The second kappa shape index (κ2) is 8.12. The number of esters is 1. The molecule has 25 heavy (non-hydrogen) atoms. The molecule has 9 heteroatoms. The van der Waals surface area contributed by atoms with E-state index in [-0.39, 0.29) is 25.7 Å². The average Bonchev–Trinajstić information content (AvgIpc) is 2.45. The maximum Gasteiger partial charge on any atom is 0.404 e. The first-order valence-corrected chi connectivity index (χ1v) is 8.24. The highest BCUT2D eigenvalue weighted by atomic mass is 19.4. The summed E-state index contributed by atoms with van der Waals surface area (Å²) in [7, 11) is 0. The van der Waals surface area contributed by atoms with Gasteiger partial charge in [0.1, 0.15) is 6.10 Å². The van der Waals surface area contributed by atoms with Crippen LogP contribution in [0.3, 0.4) is 0 Å². The molecule has 0 amide bonds. The normalized spacial score (nSPS) is 24.9. The smallest absolute Gasteiger partial charge is 0.404 e. The minimum Gasteiger partial charge on any atom is -0.462 e. The van der Waals surface area contributed by atoms with Crippen LogP contribution in [0.5, 0.6) is 0 Å². The van der Waals surface area contributed by atoms with Crippen LogP contribution >= 0.6 is 0 Å². The average molecular weight is 380 g/mol. The fourth-order valence-corrected chi connectivity index (χ4v) is 2.93. The van der Waals surface area contributed by atoms with Crippen molar-refractivity contribution >= 4 is 5.97 Å². The Balaban J connectivity index is 2.53. The van der Waals surface area contributed by atoms with Crippen LogP contribution in [-0.2, 0) is 9.53 Å². The number of carbonyl (C=O) groups is 1. The third-order valence-corrected chi connectivity index (χ3v) is 4.89. The molecule has 1 aliphatic carbocycles. The Morgan fingerprint density at radius 3 is 2.00 bits per heavy atom. The molecule has 0 N–H and O–H groups in total. The lowest BCUT2D eigenvalue weighted by Crippen LogP contribution is -2.44. The predicted molar refractivity (Wildman–Crippen MR) is 76.5 cm³/mol. The fourth-order valence-electron chi connectivity index (χ4n) is 2.93. The molecular formula is C16H23F7O2. The number of ether oxygens (including phenoxy) is 1. The van der Waals surface area contributed by atoms with E-state index < -0.39 is 61.2 Å². The molecule has 1 unspecified atom stereocenters. The molecule has 1 rings (SSSR count). The standard InChI is InChI=1S/C16H23F7O2/c1-3-14(2,16(21,22)23)13(24)25-11-6-4-10(5-7-11)8-15(19,20)9-12(17)18/h10-12H,3-9H2,1-2H3. The number of halogens is 7. The van der Waals surface area contributed by atoms with Gasteiger partial charge in [-0.25, -0.2) is 17.6 Å². The van der Waals surface area contributed by atoms with Crippen LogP contribution in [0.2, 0.25) is 0 Å². The van der Waals surface area contributed by atoms with Gasteiger partial charge < -0.3 is 4.74 Å². The Bertz CT molecular complexity index is 442. The van der Waals surface area contributed by atoms with Gasteiger partial charge in [-0.3, -0.25) is 4.79 Å². The Hall–Kier alpha value is -1.02. The Morgan fingerprint density at radius 1 is 1.08 bits per heavy atom. The van der Waals surface area contributed by atoms with Gasteiger partial charge in [0, 0.05) is 6.42 Å². The Labute approximate surface area is 142 Å². The van der Waals surface area contributed by atoms with Gasteiger partial charge >= 0.3 is 12.1 Å². The van der Waals surface area contributed by atoms with E-state index in [9.17, 15) is 35.5 Å². The molecule has 1 atom stereocenters. The van der Waals surface area contributed by atoms with E-state index in [1.807, 2.05) is 0 Å². The van der Waals surface area contributed by atoms with Crippen molar-refractivity contribution in [3.63, 3.8) is 0 Å². The predicted octanol–water partition coefficient (Wildman–Crippen LogP) is 5.75. The van der Waals surface area contributed by atoms with Crippen molar-refractivity contribution in [2.24, 2.45) is 11.3 Å². The number of alkyl halides is 7. The van der Waals surface area contributed by atoms with Crippen LogP contribution in [0, 0.1) is 11.3 Å². The van der Waals surface area contributed by atoms with Crippen LogP contribution in [0.1, 0.15) is 58.8 Å². The van der Waals surface area contributed by atoms with E-state index in [0.29, 0.717) is 0 Å². The number of hydrogen-bond donors (Lipinski definition) is 0. The molecular weight excluding hydrogens is 357 g/mol. The van der Waals surface area contributed by atoms with Crippen molar-refractivity contribution < 1.29 is 40.3 Å². The van der Waals surface area contributed by atoms with Gasteiger partial charge in [-0.05, 0) is 44.9 Å². The third kappa shape index (κ3) is 6.02. The molecule has 0 spiro atoms. The fraction of sp³-hybridized carbons (Fsp3) is 0.938. The van der Waals surface area contributed by atoms with Crippen LogP contribution in [0.15, 0.2) is 0 Å². The molecule has 0 heterocycles. The van der Waals surface area contributed by atoms with Crippen molar-refractivity contribution in [1.82, 2.24) is 0 Å². The molecule has 148 valence electrons. The topological polar surface area (TPSA) is 26.3 Å². The quantitative estimate of drug-likeness (QED) is 0.415. The molecule has 2 nitrogen and oxygen atoms in total. The molecule has 0 aliphatic heterocycles. The van der Waals surface area contributed by atoms with Crippen LogP contribution in [-0.4, -0.2) is 30.6 Å². The third-order valence-electron chi connectivity index (χ3n) is 4.89. The number of carbonyl (C=O) groups excluding carboxylic acids is 1. The summed E-state index contributed by atoms with van der Waals surface area (Å²) in [6.07, 6.45) is -10.6. The highest BCUT2D eigenvalue weighted by Gasteiger charge is 2.57. The van der Waals surface area contributed by atoms with Crippen molar-refractivity contribution in [1.29, 1.82) is 0 Å². The van der Waals surface area contributed by atoms with E-state index >= 15 is 0 Å². The SMILES string of the molecule is CCC(C)(C(=O)OC1CCC(CC(F)(F)CC(F)F)CC1)C(F)(F)F. The second-order valence-corrected chi connectivity index (χ2v) is 6.89. The van der Waals surface area contributed by atoms with E-state index in [1.54, 1.807) is 0 Å². The molecule has 1 aliphatic rings. The Morgan fingerprint density at radius 2 is 1.60 bits per heavy atom. The van der Waals surface area contributed by atoms with Crippen molar-refractivity contribution in [2.75, 3.05) is 0 Å².